The first kappa shape index (κ1) is 23.9. The normalized spacial score (nSPS) is 17.5. The molecule has 0 aliphatic heterocycles. The number of aliphatic hydroxyl groups is 1. The van der Waals surface area contributed by atoms with Crippen molar-refractivity contribution >= 4 is 29.9 Å². The van der Waals surface area contributed by atoms with E-state index in [0.29, 0.717) is 12.0 Å². The van der Waals surface area contributed by atoms with E-state index in [0.717, 1.165) is 44.9 Å². The lowest BCUT2D eigenvalue weighted by Gasteiger charge is -2.30. The number of methoxy groups -OCH3 is 1. The lowest BCUT2D eigenvalue weighted by Crippen LogP contribution is -2.44. The Labute approximate surface area is 165 Å². The number of nitrogens with one attached hydrogen (secondary N) is 2. The fourth-order valence-electron chi connectivity index (χ4n) is 3.27. The zero-order chi connectivity index (χ0) is 17.2. The summed E-state index contributed by atoms with van der Waals surface area (Å²) in [6, 6.07) is 0. The predicted molar refractivity (Wildman–Crippen MR) is 112 cm³/mol. The standard InChI is InChI=1S/C18H37N3O2.HI/c1-5-18(22,6-2)15-21-16(19-7-3)20-14-17(12-13-23-4)10-8-9-11-17;/h22H,5-15H2,1-4H3,(H2,19,20,21);1H. The Balaban J connectivity index is 0.00000529. The molecule has 1 aliphatic rings. The van der Waals surface area contributed by atoms with E-state index in [-0.39, 0.29) is 24.0 Å². The molecule has 0 aromatic rings. The van der Waals surface area contributed by atoms with Crippen molar-refractivity contribution in [2.24, 2.45) is 10.4 Å². The first-order valence-corrected chi connectivity index (χ1v) is 9.26. The minimum atomic E-state index is -0.691. The largest absolute Gasteiger partial charge is 0.388 e. The number of rotatable bonds is 10. The first-order valence-electron chi connectivity index (χ1n) is 9.26. The molecule has 0 atom stereocenters. The topological polar surface area (TPSA) is 65.9 Å². The molecule has 0 bridgehead atoms. The van der Waals surface area contributed by atoms with Gasteiger partial charge in [0.2, 0.25) is 0 Å². The summed E-state index contributed by atoms with van der Waals surface area (Å²) in [6.07, 6.45) is 7.69. The highest BCUT2D eigenvalue weighted by molar-refractivity contribution is 14.0. The maximum absolute atomic E-state index is 10.4. The van der Waals surface area contributed by atoms with Gasteiger partial charge in [0.25, 0.3) is 0 Å². The van der Waals surface area contributed by atoms with E-state index in [1.165, 1.54) is 25.7 Å². The summed E-state index contributed by atoms with van der Waals surface area (Å²) >= 11 is 0. The Morgan fingerprint density at radius 1 is 1.17 bits per heavy atom. The summed E-state index contributed by atoms with van der Waals surface area (Å²) in [5.41, 5.74) is -0.360. The van der Waals surface area contributed by atoms with Crippen molar-refractivity contribution < 1.29 is 9.84 Å². The van der Waals surface area contributed by atoms with Crippen LogP contribution in [0.25, 0.3) is 0 Å². The van der Waals surface area contributed by atoms with Crippen LogP contribution in [-0.4, -0.2) is 50.0 Å². The second kappa shape index (κ2) is 12.3. The average Bonchev–Trinajstić information content (AvgIpc) is 3.04. The Bertz CT molecular complexity index is 354. The van der Waals surface area contributed by atoms with Crippen molar-refractivity contribution in [3.8, 4) is 0 Å². The van der Waals surface area contributed by atoms with Crippen LogP contribution in [0.15, 0.2) is 4.99 Å². The number of aliphatic imine (C=N–C) groups is 1. The molecule has 6 heteroatoms. The van der Waals surface area contributed by atoms with E-state index in [1.807, 2.05) is 13.8 Å². The van der Waals surface area contributed by atoms with Gasteiger partial charge >= 0.3 is 0 Å². The minimum Gasteiger partial charge on any atom is -0.388 e. The number of guanidine groups is 1. The monoisotopic (exact) mass is 455 g/mol. The SMILES string of the molecule is CCNC(=NCC(O)(CC)CC)NCC1(CCOC)CCCC1.I. The van der Waals surface area contributed by atoms with Crippen LogP contribution in [0.3, 0.4) is 0 Å². The van der Waals surface area contributed by atoms with Crippen molar-refractivity contribution in [2.75, 3.05) is 33.4 Å². The smallest absolute Gasteiger partial charge is 0.191 e. The lowest BCUT2D eigenvalue weighted by molar-refractivity contribution is 0.0417. The predicted octanol–water partition coefficient (Wildman–Crippen LogP) is 3.31. The van der Waals surface area contributed by atoms with Gasteiger partial charge in [-0.15, -0.1) is 24.0 Å². The molecule has 0 spiro atoms. The fraction of sp³-hybridized carbons (Fsp3) is 0.944. The quantitative estimate of drug-likeness (QED) is 0.269. The third-order valence-corrected chi connectivity index (χ3v) is 5.32. The van der Waals surface area contributed by atoms with E-state index >= 15 is 0 Å². The van der Waals surface area contributed by atoms with Gasteiger partial charge in [-0.3, -0.25) is 4.99 Å². The molecule has 1 aliphatic carbocycles. The highest BCUT2D eigenvalue weighted by Crippen LogP contribution is 2.40. The summed E-state index contributed by atoms with van der Waals surface area (Å²) in [5.74, 6) is 0.816. The maximum atomic E-state index is 10.4. The molecule has 0 amide bonds. The second-order valence-electron chi connectivity index (χ2n) is 6.93. The van der Waals surface area contributed by atoms with Gasteiger partial charge in [0.1, 0.15) is 0 Å². The molecule has 0 radical (unpaired) electrons. The van der Waals surface area contributed by atoms with Gasteiger partial charge in [0.15, 0.2) is 5.96 Å². The molecule has 1 fully saturated rings. The van der Waals surface area contributed by atoms with Crippen LogP contribution < -0.4 is 10.6 Å². The second-order valence-corrected chi connectivity index (χ2v) is 6.93. The van der Waals surface area contributed by atoms with Crippen LogP contribution >= 0.6 is 24.0 Å². The average molecular weight is 455 g/mol. The number of ether oxygens (including phenoxy) is 1. The molecule has 0 saturated heterocycles. The minimum absolute atomic E-state index is 0. The summed E-state index contributed by atoms with van der Waals surface area (Å²) in [4.78, 5) is 4.61. The molecular formula is C18H38IN3O2. The lowest BCUT2D eigenvalue weighted by atomic mass is 9.83. The molecule has 0 unspecified atom stereocenters. The van der Waals surface area contributed by atoms with Gasteiger partial charge < -0.3 is 20.5 Å². The van der Waals surface area contributed by atoms with Crippen molar-refractivity contribution in [1.29, 1.82) is 0 Å². The van der Waals surface area contributed by atoms with E-state index in [4.69, 9.17) is 4.74 Å². The van der Waals surface area contributed by atoms with Crippen molar-refractivity contribution in [3.63, 3.8) is 0 Å². The van der Waals surface area contributed by atoms with Crippen LogP contribution in [0.2, 0.25) is 0 Å². The number of hydrogen-bond acceptors (Lipinski definition) is 3. The van der Waals surface area contributed by atoms with Gasteiger partial charge in [0, 0.05) is 26.8 Å². The molecule has 1 rings (SSSR count). The zero-order valence-corrected chi connectivity index (χ0v) is 18.3. The molecule has 3 N–H and O–H groups in total. The molecular weight excluding hydrogens is 417 g/mol. The fourth-order valence-corrected chi connectivity index (χ4v) is 3.27. The summed E-state index contributed by atoms with van der Waals surface area (Å²) in [5, 5.41) is 17.2. The Morgan fingerprint density at radius 2 is 1.79 bits per heavy atom. The van der Waals surface area contributed by atoms with Gasteiger partial charge in [-0.1, -0.05) is 26.7 Å². The molecule has 0 heterocycles. The van der Waals surface area contributed by atoms with E-state index < -0.39 is 5.60 Å². The highest BCUT2D eigenvalue weighted by atomic mass is 127. The van der Waals surface area contributed by atoms with Crippen LogP contribution in [0.5, 0.6) is 0 Å². The zero-order valence-electron chi connectivity index (χ0n) is 16.0. The third-order valence-electron chi connectivity index (χ3n) is 5.32. The molecule has 5 nitrogen and oxygen atoms in total. The van der Waals surface area contributed by atoms with E-state index in [1.54, 1.807) is 7.11 Å². The van der Waals surface area contributed by atoms with E-state index in [2.05, 4.69) is 22.5 Å². The summed E-state index contributed by atoms with van der Waals surface area (Å²) < 4.78 is 5.30. The first-order chi connectivity index (χ1) is 11.0. The summed E-state index contributed by atoms with van der Waals surface area (Å²) in [7, 11) is 1.78. The molecule has 24 heavy (non-hydrogen) atoms. The van der Waals surface area contributed by atoms with Crippen molar-refractivity contribution in [3.05, 3.63) is 0 Å². The molecule has 1 saturated carbocycles. The van der Waals surface area contributed by atoms with Crippen molar-refractivity contribution in [2.45, 2.75) is 71.3 Å². The van der Waals surface area contributed by atoms with Crippen LogP contribution in [0.4, 0.5) is 0 Å². The summed E-state index contributed by atoms with van der Waals surface area (Å²) in [6.45, 7) is 9.11. The van der Waals surface area contributed by atoms with E-state index in [9.17, 15) is 5.11 Å². The number of halogens is 1. The Morgan fingerprint density at radius 3 is 2.29 bits per heavy atom. The molecule has 0 aromatic heterocycles. The van der Waals surface area contributed by atoms with Crippen LogP contribution in [-0.2, 0) is 4.74 Å². The van der Waals surface area contributed by atoms with Gasteiger partial charge in [0.05, 0.1) is 12.1 Å². The molecule has 144 valence electrons. The van der Waals surface area contributed by atoms with Crippen LogP contribution in [0, 0.1) is 5.41 Å². The Hall–Kier alpha value is -0.0800. The van der Waals surface area contributed by atoms with Crippen molar-refractivity contribution in [1.82, 2.24) is 10.6 Å². The third kappa shape index (κ3) is 7.87. The van der Waals surface area contributed by atoms with Crippen LogP contribution in [0.1, 0.15) is 65.7 Å². The van der Waals surface area contributed by atoms with Gasteiger partial charge in [-0.25, -0.2) is 0 Å². The molecule has 0 aromatic carbocycles. The van der Waals surface area contributed by atoms with Gasteiger partial charge in [-0.2, -0.15) is 0 Å². The number of hydrogen-bond donors (Lipinski definition) is 3. The number of nitrogens with zero attached hydrogens (tertiary/aromatic N) is 1. The highest BCUT2D eigenvalue weighted by Gasteiger charge is 2.33. The van der Waals surface area contributed by atoms with Gasteiger partial charge in [-0.05, 0) is 44.4 Å². The maximum Gasteiger partial charge on any atom is 0.191 e. The Kier molecular flexibility index (Phi) is 12.3.